The third-order valence-electron chi connectivity index (χ3n) is 3.24. The summed E-state index contributed by atoms with van der Waals surface area (Å²) in [4.78, 5) is 12.3. The molecule has 6 heteroatoms. The summed E-state index contributed by atoms with van der Waals surface area (Å²) in [5.74, 6) is 1.01. The topological polar surface area (TPSA) is 77.0 Å². The van der Waals surface area contributed by atoms with Gasteiger partial charge in [-0.05, 0) is 24.3 Å². The molecular weight excluding hydrogens is 286 g/mol. The molecule has 0 unspecified atom stereocenters. The zero-order chi connectivity index (χ0) is 15.5. The van der Waals surface area contributed by atoms with Crippen LogP contribution in [0.25, 0.3) is 0 Å². The first-order valence-corrected chi connectivity index (χ1v) is 6.76. The van der Waals surface area contributed by atoms with Gasteiger partial charge < -0.3 is 24.6 Å². The molecule has 0 saturated carbocycles. The van der Waals surface area contributed by atoms with Gasteiger partial charge in [0, 0.05) is 5.56 Å². The number of amides is 1. The number of anilines is 1. The number of ether oxygens (including phenoxy) is 3. The fraction of sp³-hybridized carbons (Fsp3) is 0.188. The minimum absolute atomic E-state index is 0.000332. The fourth-order valence-electron chi connectivity index (χ4n) is 2.18. The predicted molar refractivity (Wildman–Crippen MR) is 80.0 cm³/mol. The van der Waals surface area contributed by atoms with Crippen molar-refractivity contribution >= 4 is 11.6 Å². The molecule has 1 aliphatic heterocycles. The first-order chi connectivity index (χ1) is 10.7. The molecular formula is C16H15NO5. The van der Waals surface area contributed by atoms with E-state index in [0.717, 1.165) is 0 Å². The minimum Gasteiger partial charge on any atom is -0.506 e. The molecule has 0 aromatic heterocycles. The highest BCUT2D eigenvalue weighted by Crippen LogP contribution is 2.40. The van der Waals surface area contributed by atoms with Gasteiger partial charge in [-0.1, -0.05) is 12.1 Å². The third kappa shape index (κ3) is 2.63. The molecule has 2 N–H and O–H groups in total. The Labute approximate surface area is 127 Å². The largest absolute Gasteiger partial charge is 0.506 e. The van der Waals surface area contributed by atoms with Gasteiger partial charge in [-0.3, -0.25) is 4.79 Å². The number of carbonyl (C=O) groups excluding carboxylic acids is 1. The highest BCUT2D eigenvalue weighted by molar-refractivity contribution is 6.05. The van der Waals surface area contributed by atoms with E-state index in [1.165, 1.54) is 13.2 Å². The molecule has 114 valence electrons. The maximum absolute atomic E-state index is 12.3. The van der Waals surface area contributed by atoms with Crippen molar-refractivity contribution in [3.05, 3.63) is 42.0 Å². The fourth-order valence-corrected chi connectivity index (χ4v) is 2.18. The van der Waals surface area contributed by atoms with E-state index < -0.39 is 0 Å². The molecule has 0 spiro atoms. The van der Waals surface area contributed by atoms with Crippen molar-refractivity contribution in [1.29, 1.82) is 0 Å². The van der Waals surface area contributed by atoms with Gasteiger partial charge in [0.1, 0.15) is 19.0 Å². The van der Waals surface area contributed by atoms with Gasteiger partial charge in [-0.2, -0.15) is 0 Å². The van der Waals surface area contributed by atoms with Gasteiger partial charge in [-0.25, -0.2) is 0 Å². The van der Waals surface area contributed by atoms with E-state index in [0.29, 0.717) is 41.7 Å². The summed E-state index contributed by atoms with van der Waals surface area (Å²) in [5.41, 5.74) is 0.686. The highest BCUT2D eigenvalue weighted by Gasteiger charge is 2.21. The van der Waals surface area contributed by atoms with Crippen LogP contribution in [0.4, 0.5) is 5.69 Å². The monoisotopic (exact) mass is 301 g/mol. The van der Waals surface area contributed by atoms with E-state index in [9.17, 15) is 9.90 Å². The van der Waals surface area contributed by atoms with Crippen molar-refractivity contribution in [3.63, 3.8) is 0 Å². The number of benzene rings is 2. The Morgan fingerprint density at radius 2 is 2.00 bits per heavy atom. The molecule has 1 aliphatic rings. The Morgan fingerprint density at radius 1 is 1.23 bits per heavy atom. The van der Waals surface area contributed by atoms with Gasteiger partial charge in [0.15, 0.2) is 11.5 Å². The summed E-state index contributed by atoms with van der Waals surface area (Å²) in [6.45, 7) is 0.855. The summed E-state index contributed by atoms with van der Waals surface area (Å²) in [6, 6.07) is 9.68. The number of carbonyl (C=O) groups is 1. The van der Waals surface area contributed by atoms with Crippen molar-refractivity contribution in [3.8, 4) is 23.0 Å². The normalized spacial score (nSPS) is 12.6. The minimum atomic E-state index is -0.378. The lowest BCUT2D eigenvalue weighted by Crippen LogP contribution is -2.18. The number of para-hydroxylation sites is 2. The molecule has 2 aromatic carbocycles. The third-order valence-corrected chi connectivity index (χ3v) is 3.24. The first kappa shape index (κ1) is 14.1. The number of hydrogen-bond donors (Lipinski definition) is 2. The molecule has 0 fully saturated rings. The Balaban J connectivity index is 1.91. The van der Waals surface area contributed by atoms with E-state index >= 15 is 0 Å². The van der Waals surface area contributed by atoms with Gasteiger partial charge in [0.2, 0.25) is 5.75 Å². The summed E-state index contributed by atoms with van der Waals surface area (Å²) >= 11 is 0. The summed E-state index contributed by atoms with van der Waals surface area (Å²) in [7, 11) is 1.50. The highest BCUT2D eigenvalue weighted by atomic mass is 16.6. The van der Waals surface area contributed by atoms with Gasteiger partial charge in [0.25, 0.3) is 5.91 Å². The van der Waals surface area contributed by atoms with Crippen molar-refractivity contribution in [1.82, 2.24) is 0 Å². The molecule has 2 aromatic rings. The molecule has 0 saturated heterocycles. The van der Waals surface area contributed by atoms with Crippen molar-refractivity contribution in [2.24, 2.45) is 0 Å². The molecule has 1 heterocycles. The Hall–Kier alpha value is -2.89. The second-order valence-electron chi connectivity index (χ2n) is 4.67. The standard InChI is InChI=1S/C16H15NO5/c1-20-13-8-10(9-14-15(13)22-7-6-21-14)16(19)17-11-4-2-3-5-12(11)18/h2-5,8-9,18H,6-7H2,1H3,(H,17,19). The molecule has 0 atom stereocenters. The second-order valence-corrected chi connectivity index (χ2v) is 4.67. The predicted octanol–water partition coefficient (Wildman–Crippen LogP) is 2.42. The van der Waals surface area contributed by atoms with E-state index in [-0.39, 0.29) is 11.7 Å². The van der Waals surface area contributed by atoms with Gasteiger partial charge in [0.05, 0.1) is 12.8 Å². The van der Waals surface area contributed by atoms with Crippen LogP contribution in [0, 0.1) is 0 Å². The number of methoxy groups -OCH3 is 1. The average Bonchev–Trinajstić information content (AvgIpc) is 2.55. The number of hydrogen-bond acceptors (Lipinski definition) is 5. The number of fused-ring (bicyclic) bond motifs is 1. The van der Waals surface area contributed by atoms with Crippen LogP contribution in [-0.4, -0.2) is 31.3 Å². The number of aromatic hydroxyl groups is 1. The van der Waals surface area contributed by atoms with Crippen LogP contribution >= 0.6 is 0 Å². The van der Waals surface area contributed by atoms with Crippen molar-refractivity contribution in [2.75, 3.05) is 25.6 Å². The number of nitrogens with one attached hydrogen (secondary N) is 1. The summed E-state index contributed by atoms with van der Waals surface area (Å²) in [6.07, 6.45) is 0. The lowest BCUT2D eigenvalue weighted by atomic mass is 10.1. The first-order valence-electron chi connectivity index (χ1n) is 6.76. The quantitative estimate of drug-likeness (QED) is 0.851. The van der Waals surface area contributed by atoms with E-state index in [1.54, 1.807) is 30.3 Å². The zero-order valence-electron chi connectivity index (χ0n) is 12.0. The lowest BCUT2D eigenvalue weighted by Gasteiger charge is -2.21. The summed E-state index contributed by atoms with van der Waals surface area (Å²) < 4.78 is 16.2. The second kappa shape index (κ2) is 5.85. The van der Waals surface area contributed by atoms with E-state index in [2.05, 4.69) is 5.32 Å². The van der Waals surface area contributed by atoms with Crippen LogP contribution in [0.2, 0.25) is 0 Å². The molecule has 0 radical (unpaired) electrons. The van der Waals surface area contributed by atoms with E-state index in [1.807, 2.05) is 0 Å². The Bertz CT molecular complexity index is 696. The van der Waals surface area contributed by atoms with Crippen LogP contribution in [0.15, 0.2) is 36.4 Å². The lowest BCUT2D eigenvalue weighted by molar-refractivity contribution is 0.102. The average molecular weight is 301 g/mol. The molecule has 3 rings (SSSR count). The van der Waals surface area contributed by atoms with E-state index in [4.69, 9.17) is 14.2 Å². The number of rotatable bonds is 3. The molecule has 22 heavy (non-hydrogen) atoms. The Kier molecular flexibility index (Phi) is 3.74. The zero-order valence-corrected chi connectivity index (χ0v) is 12.0. The van der Waals surface area contributed by atoms with Crippen LogP contribution in [-0.2, 0) is 0 Å². The number of phenols is 1. The SMILES string of the molecule is COc1cc(C(=O)Nc2ccccc2O)cc2c1OCCO2. The van der Waals surface area contributed by atoms with Gasteiger partial charge >= 0.3 is 0 Å². The van der Waals surface area contributed by atoms with Crippen LogP contribution in [0.1, 0.15) is 10.4 Å². The van der Waals surface area contributed by atoms with Crippen LogP contribution in [0.5, 0.6) is 23.0 Å². The van der Waals surface area contributed by atoms with Gasteiger partial charge in [-0.15, -0.1) is 0 Å². The number of phenolic OH excluding ortho intramolecular Hbond substituents is 1. The van der Waals surface area contributed by atoms with Crippen molar-refractivity contribution < 1.29 is 24.1 Å². The Morgan fingerprint density at radius 3 is 2.77 bits per heavy atom. The van der Waals surface area contributed by atoms with Crippen LogP contribution in [0.3, 0.4) is 0 Å². The molecule has 0 aliphatic carbocycles. The van der Waals surface area contributed by atoms with Crippen molar-refractivity contribution in [2.45, 2.75) is 0 Å². The molecule has 0 bridgehead atoms. The maximum atomic E-state index is 12.3. The maximum Gasteiger partial charge on any atom is 0.256 e. The van der Waals surface area contributed by atoms with Crippen LogP contribution < -0.4 is 19.5 Å². The smallest absolute Gasteiger partial charge is 0.256 e. The summed E-state index contributed by atoms with van der Waals surface area (Å²) in [5, 5.41) is 12.4. The molecule has 1 amide bonds. The molecule has 6 nitrogen and oxygen atoms in total.